The van der Waals surface area contributed by atoms with E-state index in [1.807, 2.05) is 0 Å². The first-order chi connectivity index (χ1) is 8.63. The van der Waals surface area contributed by atoms with E-state index in [0.717, 1.165) is 19.3 Å². The summed E-state index contributed by atoms with van der Waals surface area (Å²) < 4.78 is 5.36. The molecule has 18 heavy (non-hydrogen) atoms. The number of hydrogen-bond donors (Lipinski definition) is 1. The van der Waals surface area contributed by atoms with Crippen LogP contribution in [0.15, 0.2) is 18.2 Å². The van der Waals surface area contributed by atoms with Crippen LogP contribution in [-0.2, 0) is 4.74 Å². The Hall–Kier alpha value is -1.33. The lowest BCUT2D eigenvalue weighted by Gasteiger charge is -2.20. The van der Waals surface area contributed by atoms with E-state index >= 15 is 0 Å². The predicted octanol–water partition coefficient (Wildman–Crippen LogP) is 3.23. The Bertz CT molecular complexity index is 453. The highest BCUT2D eigenvalue weighted by Gasteiger charge is 2.29. The van der Waals surface area contributed by atoms with Crippen LogP contribution < -0.4 is 5.32 Å². The highest BCUT2D eigenvalue weighted by Crippen LogP contribution is 2.34. The molecule has 5 nitrogen and oxygen atoms in total. The molecule has 1 fully saturated rings. The number of ether oxygens (including phenoxy) is 1. The SMILES string of the molecule is COC1CCCC1Nc1cccc(Cl)c1[N+](=O)[O-]. The molecule has 0 spiro atoms. The van der Waals surface area contributed by atoms with Crippen molar-refractivity contribution in [3.05, 3.63) is 33.3 Å². The second-order valence-electron chi connectivity index (χ2n) is 4.35. The number of methoxy groups -OCH3 is 1. The zero-order valence-corrected chi connectivity index (χ0v) is 10.8. The number of nitro groups is 1. The minimum atomic E-state index is -0.457. The lowest BCUT2D eigenvalue weighted by Crippen LogP contribution is -2.29. The monoisotopic (exact) mass is 270 g/mol. The third-order valence-electron chi connectivity index (χ3n) is 3.27. The van der Waals surface area contributed by atoms with Gasteiger partial charge in [0, 0.05) is 7.11 Å². The first kappa shape index (κ1) is 13.1. The van der Waals surface area contributed by atoms with Crippen LogP contribution in [0, 0.1) is 10.1 Å². The second-order valence-corrected chi connectivity index (χ2v) is 4.76. The average Bonchev–Trinajstić information content (AvgIpc) is 2.76. The maximum Gasteiger partial charge on any atom is 0.310 e. The van der Waals surface area contributed by atoms with Crippen molar-refractivity contribution in [2.45, 2.75) is 31.4 Å². The summed E-state index contributed by atoms with van der Waals surface area (Å²) >= 11 is 5.87. The summed E-state index contributed by atoms with van der Waals surface area (Å²) in [5.74, 6) is 0. The first-order valence-corrected chi connectivity index (χ1v) is 6.23. The molecule has 0 amide bonds. The summed E-state index contributed by atoms with van der Waals surface area (Å²) in [5.41, 5.74) is 0.391. The molecule has 2 rings (SSSR count). The van der Waals surface area contributed by atoms with Gasteiger partial charge in [-0.05, 0) is 31.4 Å². The summed E-state index contributed by atoms with van der Waals surface area (Å²) in [6.07, 6.45) is 3.08. The molecule has 2 unspecified atom stereocenters. The Labute approximate surface area is 110 Å². The van der Waals surface area contributed by atoms with Crippen LogP contribution in [-0.4, -0.2) is 24.2 Å². The molecule has 1 saturated carbocycles. The van der Waals surface area contributed by atoms with Gasteiger partial charge in [-0.1, -0.05) is 17.7 Å². The van der Waals surface area contributed by atoms with Crippen LogP contribution >= 0.6 is 11.6 Å². The molecule has 0 radical (unpaired) electrons. The second kappa shape index (κ2) is 5.54. The van der Waals surface area contributed by atoms with Gasteiger partial charge in [0.15, 0.2) is 0 Å². The number of benzene rings is 1. The molecule has 1 aromatic rings. The van der Waals surface area contributed by atoms with Gasteiger partial charge in [0.25, 0.3) is 0 Å². The van der Waals surface area contributed by atoms with Crippen molar-refractivity contribution in [1.82, 2.24) is 0 Å². The third kappa shape index (κ3) is 2.57. The molecule has 0 aliphatic heterocycles. The molecular weight excluding hydrogens is 256 g/mol. The normalized spacial score (nSPS) is 23.0. The van der Waals surface area contributed by atoms with E-state index in [1.165, 1.54) is 6.07 Å². The van der Waals surface area contributed by atoms with Gasteiger partial charge in [-0.2, -0.15) is 0 Å². The number of hydrogen-bond acceptors (Lipinski definition) is 4. The van der Waals surface area contributed by atoms with Gasteiger partial charge in [0.1, 0.15) is 10.7 Å². The van der Waals surface area contributed by atoms with Crippen LogP contribution in [0.2, 0.25) is 5.02 Å². The van der Waals surface area contributed by atoms with E-state index in [-0.39, 0.29) is 22.9 Å². The largest absolute Gasteiger partial charge is 0.379 e. The van der Waals surface area contributed by atoms with Crippen LogP contribution in [0.4, 0.5) is 11.4 Å². The standard InChI is InChI=1S/C12H15ClN2O3/c1-18-11-7-3-5-9(11)14-10-6-2-4-8(13)12(10)15(16)17/h2,4,6,9,11,14H,3,5,7H2,1H3. The number of nitrogens with one attached hydrogen (secondary N) is 1. The number of anilines is 1. The molecule has 0 heterocycles. The van der Waals surface area contributed by atoms with Gasteiger partial charge >= 0.3 is 5.69 Å². The van der Waals surface area contributed by atoms with Gasteiger partial charge < -0.3 is 10.1 Å². The van der Waals surface area contributed by atoms with Gasteiger partial charge in [-0.15, -0.1) is 0 Å². The van der Waals surface area contributed by atoms with Crippen LogP contribution in [0.5, 0.6) is 0 Å². The lowest BCUT2D eigenvalue weighted by molar-refractivity contribution is -0.383. The number of nitro benzene ring substituents is 1. The molecule has 1 aromatic carbocycles. The van der Waals surface area contributed by atoms with Crippen molar-refractivity contribution in [2.75, 3.05) is 12.4 Å². The fourth-order valence-corrected chi connectivity index (χ4v) is 2.63. The molecule has 2 atom stereocenters. The van der Waals surface area contributed by atoms with E-state index in [0.29, 0.717) is 5.69 Å². The summed E-state index contributed by atoms with van der Waals surface area (Å²) in [6.45, 7) is 0. The van der Waals surface area contributed by atoms with Crippen molar-refractivity contribution < 1.29 is 9.66 Å². The summed E-state index contributed by atoms with van der Waals surface area (Å²) in [5, 5.41) is 14.3. The van der Waals surface area contributed by atoms with E-state index < -0.39 is 4.92 Å². The number of rotatable bonds is 4. The fourth-order valence-electron chi connectivity index (χ4n) is 2.39. The molecular formula is C12H15ClN2O3. The molecule has 1 aliphatic rings. The predicted molar refractivity (Wildman–Crippen MR) is 70.2 cm³/mol. The summed E-state index contributed by atoms with van der Waals surface area (Å²) in [7, 11) is 1.66. The quantitative estimate of drug-likeness (QED) is 0.674. The van der Waals surface area contributed by atoms with Gasteiger partial charge in [-0.3, -0.25) is 10.1 Å². The molecule has 0 aromatic heterocycles. The molecule has 6 heteroatoms. The molecule has 1 N–H and O–H groups in total. The smallest absolute Gasteiger partial charge is 0.310 e. The van der Waals surface area contributed by atoms with E-state index in [4.69, 9.17) is 16.3 Å². The minimum Gasteiger partial charge on any atom is -0.379 e. The Morgan fingerprint density at radius 3 is 2.94 bits per heavy atom. The van der Waals surface area contributed by atoms with Crippen molar-refractivity contribution >= 4 is 23.0 Å². The Kier molecular flexibility index (Phi) is 4.04. The van der Waals surface area contributed by atoms with Crippen molar-refractivity contribution in [3.63, 3.8) is 0 Å². The number of para-hydroxylation sites is 1. The van der Waals surface area contributed by atoms with Crippen molar-refractivity contribution in [1.29, 1.82) is 0 Å². The van der Waals surface area contributed by atoms with Gasteiger partial charge in [0.05, 0.1) is 17.1 Å². The molecule has 0 bridgehead atoms. The molecule has 98 valence electrons. The van der Waals surface area contributed by atoms with E-state index in [2.05, 4.69) is 5.32 Å². The third-order valence-corrected chi connectivity index (χ3v) is 3.57. The average molecular weight is 271 g/mol. The zero-order valence-electron chi connectivity index (χ0n) is 10.1. The Balaban J connectivity index is 2.23. The highest BCUT2D eigenvalue weighted by molar-refractivity contribution is 6.33. The van der Waals surface area contributed by atoms with Crippen LogP contribution in [0.25, 0.3) is 0 Å². The zero-order chi connectivity index (χ0) is 13.1. The number of nitrogens with zero attached hydrogens (tertiary/aromatic N) is 1. The summed E-state index contributed by atoms with van der Waals surface area (Å²) in [4.78, 5) is 10.6. The molecule has 1 aliphatic carbocycles. The van der Waals surface area contributed by atoms with Gasteiger partial charge in [0.2, 0.25) is 0 Å². The van der Waals surface area contributed by atoms with Gasteiger partial charge in [-0.25, -0.2) is 0 Å². The maximum atomic E-state index is 11.0. The van der Waals surface area contributed by atoms with Crippen molar-refractivity contribution in [2.24, 2.45) is 0 Å². The number of halogens is 1. The topological polar surface area (TPSA) is 64.4 Å². The minimum absolute atomic E-state index is 0.0686. The maximum absolute atomic E-state index is 11.0. The first-order valence-electron chi connectivity index (χ1n) is 5.85. The van der Waals surface area contributed by atoms with Crippen LogP contribution in [0.3, 0.4) is 0 Å². The Morgan fingerprint density at radius 2 is 2.28 bits per heavy atom. The van der Waals surface area contributed by atoms with E-state index in [9.17, 15) is 10.1 Å². The highest BCUT2D eigenvalue weighted by atomic mass is 35.5. The fraction of sp³-hybridized carbons (Fsp3) is 0.500. The van der Waals surface area contributed by atoms with Crippen molar-refractivity contribution in [3.8, 4) is 0 Å². The molecule has 0 saturated heterocycles. The lowest BCUT2D eigenvalue weighted by atomic mass is 10.2. The summed E-state index contributed by atoms with van der Waals surface area (Å²) in [6, 6.07) is 5.00. The van der Waals surface area contributed by atoms with E-state index in [1.54, 1.807) is 19.2 Å². The Morgan fingerprint density at radius 1 is 1.50 bits per heavy atom. The van der Waals surface area contributed by atoms with Crippen LogP contribution in [0.1, 0.15) is 19.3 Å².